The molecule has 0 radical (unpaired) electrons. The van der Waals surface area contributed by atoms with Gasteiger partial charge in [-0.2, -0.15) is 0 Å². The molecule has 4 aromatic rings. The summed E-state index contributed by atoms with van der Waals surface area (Å²) in [6.07, 6.45) is 2.89. The van der Waals surface area contributed by atoms with E-state index in [0.29, 0.717) is 12.3 Å². The number of ether oxygens (including phenoxy) is 4. The van der Waals surface area contributed by atoms with E-state index in [1.165, 1.54) is 16.7 Å². The maximum absolute atomic E-state index is 14.0. The Morgan fingerprint density at radius 3 is 2.02 bits per heavy atom. The summed E-state index contributed by atoms with van der Waals surface area (Å²) in [6.45, 7) is 5.39. The fraction of sp³-hybridized carbons (Fsp3) is 0.359. The van der Waals surface area contributed by atoms with Crippen LogP contribution in [0.4, 0.5) is 0 Å². The van der Waals surface area contributed by atoms with Crippen LogP contribution in [0.25, 0.3) is 0 Å². The third-order valence-corrected chi connectivity index (χ3v) is 9.88. The number of carbonyl (C=O) groups is 1. The first kappa shape index (κ1) is 31.5. The lowest BCUT2D eigenvalue weighted by Crippen LogP contribution is -2.46. The first-order chi connectivity index (χ1) is 22.4. The molecule has 46 heavy (non-hydrogen) atoms. The number of amides is 1. The minimum atomic E-state index is -0.176. The number of benzene rings is 4. The second kappa shape index (κ2) is 13.5. The van der Waals surface area contributed by atoms with Crippen molar-refractivity contribution in [2.45, 2.75) is 44.2 Å². The lowest BCUT2D eigenvalue weighted by atomic mass is 9.69. The Morgan fingerprint density at radius 2 is 1.41 bits per heavy atom. The molecule has 1 fully saturated rings. The number of fused-ring (bicyclic) bond motifs is 1. The number of piperidine rings is 1. The molecule has 0 N–H and O–H groups in total. The number of hydrogen-bond donors (Lipinski definition) is 0. The van der Waals surface area contributed by atoms with Crippen molar-refractivity contribution in [3.05, 3.63) is 118 Å². The molecule has 4 aromatic carbocycles. The summed E-state index contributed by atoms with van der Waals surface area (Å²) in [4.78, 5) is 18.5. The van der Waals surface area contributed by atoms with Gasteiger partial charge in [0.05, 0.1) is 34.5 Å². The number of likely N-dealkylation sites (tertiary alicyclic amines) is 1. The van der Waals surface area contributed by atoms with Gasteiger partial charge in [0.2, 0.25) is 0 Å². The summed E-state index contributed by atoms with van der Waals surface area (Å²) in [5, 5.41) is 0. The third-order valence-electron chi connectivity index (χ3n) is 9.88. The molecule has 1 unspecified atom stereocenters. The highest BCUT2D eigenvalue weighted by Crippen LogP contribution is 2.42. The van der Waals surface area contributed by atoms with E-state index < -0.39 is 0 Å². The number of hydrogen-bond acceptors (Lipinski definition) is 6. The molecule has 0 aromatic heterocycles. The zero-order chi connectivity index (χ0) is 32.3. The third kappa shape index (κ3) is 6.04. The molecule has 1 saturated heterocycles. The molecule has 0 bridgehead atoms. The summed E-state index contributed by atoms with van der Waals surface area (Å²) in [5.74, 6) is 3.17. The normalized spacial score (nSPS) is 17.6. The first-order valence-corrected chi connectivity index (χ1v) is 16.0. The van der Waals surface area contributed by atoms with E-state index in [4.69, 9.17) is 18.9 Å². The summed E-state index contributed by atoms with van der Waals surface area (Å²) < 4.78 is 22.0. The van der Waals surface area contributed by atoms with Gasteiger partial charge in [0.15, 0.2) is 11.5 Å². The first-order valence-electron chi connectivity index (χ1n) is 16.0. The molecule has 0 spiro atoms. The molecule has 0 aliphatic carbocycles. The van der Waals surface area contributed by atoms with Crippen molar-refractivity contribution in [1.29, 1.82) is 0 Å². The van der Waals surface area contributed by atoms with Crippen molar-refractivity contribution >= 4 is 5.91 Å². The molecule has 2 aliphatic rings. The fourth-order valence-electron chi connectivity index (χ4n) is 7.39. The Morgan fingerprint density at radius 1 is 0.783 bits per heavy atom. The highest BCUT2D eigenvalue weighted by atomic mass is 16.5. The maximum Gasteiger partial charge on any atom is 0.254 e. The molecule has 7 nitrogen and oxygen atoms in total. The van der Waals surface area contributed by atoms with Gasteiger partial charge in [-0.3, -0.25) is 9.69 Å². The minimum absolute atomic E-state index is 0.0549. The van der Waals surface area contributed by atoms with Crippen LogP contribution in [0.2, 0.25) is 0 Å². The van der Waals surface area contributed by atoms with Crippen molar-refractivity contribution in [3.8, 4) is 23.0 Å². The molecule has 6 rings (SSSR count). The Balaban J connectivity index is 1.23. The molecular formula is C39H44N2O5. The predicted molar refractivity (Wildman–Crippen MR) is 180 cm³/mol. The summed E-state index contributed by atoms with van der Waals surface area (Å²) in [5.41, 5.74) is 6.55. The van der Waals surface area contributed by atoms with Crippen LogP contribution in [0.15, 0.2) is 84.9 Å². The average Bonchev–Trinajstić information content (AvgIpc) is 3.11. The number of methoxy groups -OCH3 is 4. The second-order valence-corrected chi connectivity index (χ2v) is 12.4. The number of rotatable bonds is 9. The SMILES string of the molecule is COc1ccc(C2(c3ccc(OC)cc3)CCCN(Cc3cccc(C(=O)N4CCc5cc(OC)c(OC)cc5C4C)c3)C2)cc1. The van der Waals surface area contributed by atoms with Crippen molar-refractivity contribution < 1.29 is 23.7 Å². The Hall–Kier alpha value is -4.49. The number of nitrogens with zero attached hydrogens (tertiary/aromatic N) is 2. The van der Waals surface area contributed by atoms with Crippen LogP contribution >= 0.6 is 0 Å². The molecule has 7 heteroatoms. The van der Waals surface area contributed by atoms with E-state index in [9.17, 15) is 4.79 Å². The largest absolute Gasteiger partial charge is 0.497 e. The monoisotopic (exact) mass is 620 g/mol. The van der Waals surface area contributed by atoms with Crippen LogP contribution in [0.1, 0.15) is 64.0 Å². The van der Waals surface area contributed by atoms with Crippen LogP contribution in [0, 0.1) is 0 Å². The average molecular weight is 621 g/mol. The molecule has 1 amide bonds. The van der Waals surface area contributed by atoms with Gasteiger partial charge in [0.1, 0.15) is 11.5 Å². The standard InChI is InChI=1S/C39H44N2O5/c1-27-35-24-37(46-5)36(45-4)23-29(35)18-21-41(27)38(42)30-9-6-8-28(22-30)25-40-20-7-19-39(26-40,31-10-14-33(43-2)15-11-31)32-12-16-34(44-3)17-13-32/h6,8-17,22-24,27H,7,18-21,25-26H2,1-5H3. The fourth-order valence-corrected chi connectivity index (χ4v) is 7.39. The van der Waals surface area contributed by atoms with Gasteiger partial charge < -0.3 is 23.8 Å². The Labute approximate surface area is 272 Å². The van der Waals surface area contributed by atoms with Gasteiger partial charge >= 0.3 is 0 Å². The quantitative estimate of drug-likeness (QED) is 0.200. The van der Waals surface area contributed by atoms with E-state index in [1.807, 2.05) is 29.2 Å². The zero-order valence-electron chi connectivity index (χ0n) is 27.5. The van der Waals surface area contributed by atoms with Gasteiger partial charge in [0.25, 0.3) is 5.91 Å². The molecule has 2 aliphatic heterocycles. The van der Waals surface area contributed by atoms with Crippen LogP contribution < -0.4 is 18.9 Å². The van der Waals surface area contributed by atoms with E-state index in [0.717, 1.165) is 72.8 Å². The van der Waals surface area contributed by atoms with Crippen molar-refractivity contribution in [3.63, 3.8) is 0 Å². The van der Waals surface area contributed by atoms with Crippen molar-refractivity contribution in [2.24, 2.45) is 0 Å². The molecular weight excluding hydrogens is 576 g/mol. The van der Waals surface area contributed by atoms with Crippen molar-refractivity contribution in [1.82, 2.24) is 9.80 Å². The minimum Gasteiger partial charge on any atom is -0.497 e. The van der Waals surface area contributed by atoms with Gasteiger partial charge in [-0.15, -0.1) is 0 Å². The van der Waals surface area contributed by atoms with Crippen LogP contribution in [0.5, 0.6) is 23.0 Å². The van der Waals surface area contributed by atoms with Gasteiger partial charge in [-0.05, 0) is 109 Å². The van der Waals surface area contributed by atoms with Gasteiger partial charge in [-0.1, -0.05) is 36.4 Å². The second-order valence-electron chi connectivity index (χ2n) is 12.4. The number of carbonyl (C=O) groups excluding carboxylic acids is 1. The maximum atomic E-state index is 14.0. The highest BCUT2D eigenvalue weighted by molar-refractivity contribution is 5.95. The summed E-state index contributed by atoms with van der Waals surface area (Å²) >= 11 is 0. The van der Waals surface area contributed by atoms with Crippen molar-refractivity contribution in [2.75, 3.05) is 48.1 Å². The molecule has 2 heterocycles. The Kier molecular flexibility index (Phi) is 9.22. The molecule has 1 atom stereocenters. The van der Waals surface area contributed by atoms with E-state index in [1.54, 1.807) is 28.4 Å². The lowest BCUT2D eigenvalue weighted by molar-refractivity contribution is 0.0677. The molecule has 240 valence electrons. The van der Waals surface area contributed by atoms with Crippen LogP contribution in [-0.4, -0.2) is 63.8 Å². The van der Waals surface area contributed by atoms with Crippen LogP contribution in [0.3, 0.4) is 0 Å². The zero-order valence-corrected chi connectivity index (χ0v) is 27.5. The smallest absolute Gasteiger partial charge is 0.254 e. The van der Waals surface area contributed by atoms with Gasteiger partial charge in [0, 0.05) is 30.6 Å². The lowest BCUT2D eigenvalue weighted by Gasteiger charge is -2.44. The van der Waals surface area contributed by atoms with Gasteiger partial charge in [-0.25, -0.2) is 0 Å². The molecule has 0 saturated carbocycles. The van der Waals surface area contributed by atoms with E-state index in [2.05, 4.69) is 72.5 Å². The van der Waals surface area contributed by atoms with E-state index in [-0.39, 0.29) is 17.4 Å². The highest BCUT2D eigenvalue weighted by Gasteiger charge is 2.39. The summed E-state index contributed by atoms with van der Waals surface area (Å²) in [7, 11) is 6.71. The topological polar surface area (TPSA) is 60.5 Å². The van der Waals surface area contributed by atoms with E-state index >= 15 is 0 Å². The Bertz CT molecular complexity index is 1620. The summed E-state index contributed by atoms with van der Waals surface area (Å²) in [6, 6.07) is 29.2. The predicted octanol–water partition coefficient (Wildman–Crippen LogP) is 7.06. The van der Waals surface area contributed by atoms with Crippen LogP contribution in [-0.2, 0) is 18.4 Å².